The van der Waals surface area contributed by atoms with Crippen LogP contribution in [0.5, 0.6) is 5.75 Å². The number of furan rings is 1. The van der Waals surface area contributed by atoms with E-state index in [1.165, 1.54) is 5.56 Å². The van der Waals surface area contributed by atoms with Crippen LogP contribution >= 0.6 is 0 Å². The van der Waals surface area contributed by atoms with Gasteiger partial charge in [0.15, 0.2) is 0 Å². The average molecular weight is 675 g/mol. The van der Waals surface area contributed by atoms with Gasteiger partial charge in [-0.2, -0.15) is 5.10 Å². The van der Waals surface area contributed by atoms with Crippen molar-refractivity contribution >= 4 is 23.5 Å². The van der Waals surface area contributed by atoms with Gasteiger partial charge in [-0.25, -0.2) is 4.79 Å². The molecule has 258 valence electrons. The van der Waals surface area contributed by atoms with E-state index in [9.17, 15) is 19.5 Å². The number of rotatable bonds is 12. The Bertz CT molecular complexity index is 2060. The topological polar surface area (TPSA) is 127 Å². The van der Waals surface area contributed by atoms with Crippen molar-refractivity contribution in [1.82, 2.24) is 15.1 Å². The van der Waals surface area contributed by atoms with E-state index in [1.54, 1.807) is 19.9 Å². The highest BCUT2D eigenvalue weighted by Crippen LogP contribution is 2.36. The quantitative estimate of drug-likeness (QED) is 0.134. The Morgan fingerprint density at radius 1 is 1.00 bits per heavy atom. The summed E-state index contributed by atoms with van der Waals surface area (Å²) in [6.07, 6.45) is 6.64. The molecule has 0 bridgehead atoms. The second-order valence-electron chi connectivity index (χ2n) is 12.8. The lowest BCUT2D eigenvalue weighted by atomic mass is 9.93. The molecule has 5 aromatic rings. The minimum absolute atomic E-state index is 0.0446. The Labute approximate surface area is 291 Å². The van der Waals surface area contributed by atoms with Crippen LogP contribution in [0.25, 0.3) is 11.1 Å². The fourth-order valence-electron chi connectivity index (χ4n) is 6.66. The first-order valence-electron chi connectivity index (χ1n) is 16.9. The first-order valence-corrected chi connectivity index (χ1v) is 16.9. The number of aromatic nitrogens is 2. The number of nitrogens with one attached hydrogen (secondary N) is 1. The summed E-state index contributed by atoms with van der Waals surface area (Å²) < 4.78 is 13.3. The van der Waals surface area contributed by atoms with Gasteiger partial charge in [0.1, 0.15) is 22.8 Å². The van der Waals surface area contributed by atoms with Crippen molar-refractivity contribution in [3.8, 4) is 16.9 Å². The first-order chi connectivity index (χ1) is 24.1. The fourth-order valence-corrected chi connectivity index (χ4v) is 6.66. The number of aromatic carboxylic acids is 1. The van der Waals surface area contributed by atoms with Crippen molar-refractivity contribution in [1.29, 1.82) is 0 Å². The van der Waals surface area contributed by atoms with Crippen molar-refractivity contribution in [3.63, 3.8) is 0 Å². The van der Waals surface area contributed by atoms with E-state index in [1.807, 2.05) is 64.4 Å². The maximum Gasteiger partial charge on any atom is 0.339 e. The van der Waals surface area contributed by atoms with Crippen LogP contribution in [0.1, 0.15) is 79.3 Å². The summed E-state index contributed by atoms with van der Waals surface area (Å²) in [5.41, 5.74) is 8.33. The van der Waals surface area contributed by atoms with Crippen LogP contribution in [-0.2, 0) is 24.3 Å². The zero-order chi connectivity index (χ0) is 35.4. The van der Waals surface area contributed by atoms with Gasteiger partial charge >= 0.3 is 5.97 Å². The molecular formula is C40H42N4O6. The predicted octanol–water partition coefficient (Wildman–Crippen LogP) is 7.19. The van der Waals surface area contributed by atoms with E-state index in [-0.39, 0.29) is 23.9 Å². The molecule has 0 saturated heterocycles. The molecule has 6 rings (SSSR count). The molecule has 1 aliphatic heterocycles. The number of carboxylic acid groups (broad SMARTS) is 1. The van der Waals surface area contributed by atoms with Crippen LogP contribution in [0.2, 0.25) is 0 Å². The Kier molecular flexibility index (Phi) is 10.2. The molecule has 0 saturated carbocycles. The van der Waals surface area contributed by atoms with Gasteiger partial charge in [0.2, 0.25) is 5.91 Å². The number of nitrogens with zero attached hydrogens (tertiary/aromatic N) is 3. The Balaban J connectivity index is 1.09. The van der Waals surface area contributed by atoms with Gasteiger partial charge in [-0.15, -0.1) is 0 Å². The molecule has 0 fully saturated rings. The third-order valence-corrected chi connectivity index (χ3v) is 9.40. The normalized spacial score (nSPS) is 12.4. The predicted molar refractivity (Wildman–Crippen MR) is 191 cm³/mol. The minimum Gasteiger partial charge on any atom is -0.493 e. The molecule has 0 spiro atoms. The standard InChI is InChI=1S/C40H42N4O6/c1-25-10-5-16-36(26(25)2)49-19-9-17-37(45)44-18-8-14-33-32(13-7-15-35(33)44)31-21-42-43(24-31)23-29-11-6-12-30(20-29)39(46)41-22-34-27(3)50-28(4)38(34)40(47)48/h5-7,10-13,15-16,20-21,24H,8-9,14,17-19,22-23H2,1-4H3,(H,41,46)(H,47,48). The lowest BCUT2D eigenvalue weighted by Gasteiger charge is -2.31. The van der Waals surface area contributed by atoms with Gasteiger partial charge in [-0.1, -0.05) is 36.4 Å². The maximum absolute atomic E-state index is 13.4. The molecule has 50 heavy (non-hydrogen) atoms. The Morgan fingerprint density at radius 3 is 2.62 bits per heavy atom. The van der Waals surface area contributed by atoms with E-state index in [4.69, 9.17) is 9.15 Å². The summed E-state index contributed by atoms with van der Waals surface area (Å²) in [7, 11) is 0. The van der Waals surface area contributed by atoms with Gasteiger partial charge in [-0.05, 0) is 99.0 Å². The largest absolute Gasteiger partial charge is 0.493 e. The molecule has 0 unspecified atom stereocenters. The Hall–Kier alpha value is -5.64. The highest BCUT2D eigenvalue weighted by atomic mass is 16.5. The molecule has 10 nitrogen and oxygen atoms in total. The second kappa shape index (κ2) is 14.9. The van der Waals surface area contributed by atoms with E-state index < -0.39 is 5.97 Å². The number of ether oxygens (including phenoxy) is 1. The van der Waals surface area contributed by atoms with Crippen molar-refractivity contribution in [2.75, 3.05) is 18.1 Å². The minimum atomic E-state index is -1.09. The van der Waals surface area contributed by atoms with Gasteiger partial charge in [-0.3, -0.25) is 14.3 Å². The van der Waals surface area contributed by atoms with Crippen LogP contribution < -0.4 is 15.0 Å². The van der Waals surface area contributed by atoms with Gasteiger partial charge in [0.05, 0.1) is 19.3 Å². The number of carboxylic acids is 1. The monoisotopic (exact) mass is 674 g/mol. The number of anilines is 1. The van der Waals surface area contributed by atoms with E-state index in [0.717, 1.165) is 52.1 Å². The number of carbonyl (C=O) groups excluding carboxylic acids is 2. The van der Waals surface area contributed by atoms with E-state index in [2.05, 4.69) is 36.4 Å². The molecule has 3 heterocycles. The second-order valence-corrected chi connectivity index (χ2v) is 12.8. The lowest BCUT2D eigenvalue weighted by molar-refractivity contribution is -0.118. The molecule has 0 aliphatic carbocycles. The number of hydrogen-bond donors (Lipinski definition) is 2. The van der Waals surface area contributed by atoms with E-state index >= 15 is 0 Å². The Morgan fingerprint density at radius 2 is 1.80 bits per heavy atom. The average Bonchev–Trinajstić information content (AvgIpc) is 3.69. The molecule has 2 amide bonds. The number of fused-ring (bicyclic) bond motifs is 1. The van der Waals surface area contributed by atoms with Crippen LogP contribution in [0.15, 0.2) is 77.5 Å². The summed E-state index contributed by atoms with van der Waals surface area (Å²) in [6.45, 7) is 9.08. The molecule has 0 atom stereocenters. The number of benzene rings is 3. The maximum atomic E-state index is 13.4. The van der Waals surface area contributed by atoms with Crippen LogP contribution in [0, 0.1) is 27.7 Å². The van der Waals surface area contributed by atoms with Gasteiger partial charge < -0.3 is 24.5 Å². The number of aryl methyl sites for hydroxylation is 3. The third-order valence-electron chi connectivity index (χ3n) is 9.40. The zero-order valence-electron chi connectivity index (χ0n) is 28.9. The lowest BCUT2D eigenvalue weighted by Crippen LogP contribution is -2.35. The van der Waals surface area contributed by atoms with Crippen LogP contribution in [-0.4, -0.2) is 45.8 Å². The molecule has 1 aliphatic rings. The summed E-state index contributed by atoms with van der Waals surface area (Å²) >= 11 is 0. The zero-order valence-corrected chi connectivity index (χ0v) is 28.9. The molecular weight excluding hydrogens is 632 g/mol. The first kappa shape index (κ1) is 34.2. The molecule has 0 radical (unpaired) electrons. The number of carbonyl (C=O) groups is 3. The van der Waals surface area contributed by atoms with Crippen molar-refractivity contribution in [2.45, 2.75) is 66.5 Å². The molecule has 3 aromatic carbocycles. The van der Waals surface area contributed by atoms with Crippen LogP contribution in [0.3, 0.4) is 0 Å². The van der Waals surface area contributed by atoms with Gasteiger partial charge in [0, 0.05) is 48.1 Å². The van der Waals surface area contributed by atoms with E-state index in [0.29, 0.717) is 55.2 Å². The fraction of sp³-hybridized carbons (Fsp3) is 0.300. The van der Waals surface area contributed by atoms with Crippen molar-refractivity contribution in [3.05, 3.63) is 124 Å². The summed E-state index contributed by atoms with van der Waals surface area (Å²) in [4.78, 5) is 40.0. The van der Waals surface area contributed by atoms with Crippen molar-refractivity contribution in [2.24, 2.45) is 0 Å². The number of amides is 2. The highest BCUT2D eigenvalue weighted by Gasteiger charge is 2.25. The highest BCUT2D eigenvalue weighted by molar-refractivity contribution is 5.96. The summed E-state index contributed by atoms with van der Waals surface area (Å²) in [6, 6.07) is 19.4. The van der Waals surface area contributed by atoms with Gasteiger partial charge in [0.25, 0.3) is 5.91 Å². The third kappa shape index (κ3) is 7.34. The smallest absolute Gasteiger partial charge is 0.339 e. The molecule has 2 aromatic heterocycles. The number of hydrogen-bond acceptors (Lipinski definition) is 6. The summed E-state index contributed by atoms with van der Waals surface area (Å²) in [5.74, 6) is 0.353. The van der Waals surface area contributed by atoms with Crippen LogP contribution in [0.4, 0.5) is 5.69 Å². The molecule has 2 N–H and O–H groups in total. The SMILES string of the molecule is Cc1cccc(OCCCC(=O)N2CCCc3c(-c4cnn(Cc5cccc(C(=O)NCc6c(C)oc(C)c6C(=O)O)c5)c4)cccc32)c1C. The summed E-state index contributed by atoms with van der Waals surface area (Å²) in [5, 5.41) is 17.0. The van der Waals surface area contributed by atoms with Crippen molar-refractivity contribution < 1.29 is 28.6 Å². The molecule has 10 heteroatoms.